The SMILES string of the molecule is COCCCc1nc2c(CN)cccn2n1. The zero-order valence-corrected chi connectivity index (χ0v) is 9.39. The molecule has 86 valence electrons. The van der Waals surface area contributed by atoms with Crippen LogP contribution in [0, 0.1) is 0 Å². The Morgan fingerprint density at radius 2 is 2.38 bits per heavy atom. The molecule has 0 bridgehead atoms. The minimum Gasteiger partial charge on any atom is -0.385 e. The Hall–Kier alpha value is -1.46. The highest BCUT2D eigenvalue weighted by atomic mass is 16.5. The van der Waals surface area contributed by atoms with Crippen molar-refractivity contribution < 1.29 is 4.74 Å². The first-order valence-corrected chi connectivity index (χ1v) is 5.37. The lowest BCUT2D eigenvalue weighted by atomic mass is 10.3. The van der Waals surface area contributed by atoms with E-state index in [-0.39, 0.29) is 0 Å². The van der Waals surface area contributed by atoms with Gasteiger partial charge in [-0.2, -0.15) is 5.10 Å². The van der Waals surface area contributed by atoms with E-state index in [2.05, 4.69) is 10.1 Å². The lowest BCUT2D eigenvalue weighted by molar-refractivity contribution is 0.194. The molecule has 0 aliphatic carbocycles. The van der Waals surface area contributed by atoms with E-state index in [0.717, 1.165) is 36.5 Å². The number of nitrogens with two attached hydrogens (primary N) is 1. The second-order valence-corrected chi connectivity index (χ2v) is 3.63. The van der Waals surface area contributed by atoms with Crippen molar-refractivity contribution in [2.45, 2.75) is 19.4 Å². The van der Waals surface area contributed by atoms with Crippen LogP contribution in [0.5, 0.6) is 0 Å². The van der Waals surface area contributed by atoms with Gasteiger partial charge < -0.3 is 10.5 Å². The van der Waals surface area contributed by atoms with E-state index in [1.165, 1.54) is 0 Å². The highest BCUT2D eigenvalue weighted by molar-refractivity contribution is 5.46. The van der Waals surface area contributed by atoms with Gasteiger partial charge in [-0.25, -0.2) is 9.50 Å². The van der Waals surface area contributed by atoms with E-state index >= 15 is 0 Å². The lowest BCUT2D eigenvalue weighted by Gasteiger charge is -1.96. The summed E-state index contributed by atoms with van der Waals surface area (Å²) >= 11 is 0. The number of pyridine rings is 1. The van der Waals surface area contributed by atoms with Crippen molar-refractivity contribution in [3.8, 4) is 0 Å². The number of nitrogens with zero attached hydrogens (tertiary/aromatic N) is 3. The van der Waals surface area contributed by atoms with Crippen LogP contribution in [0.1, 0.15) is 17.8 Å². The highest BCUT2D eigenvalue weighted by Gasteiger charge is 2.06. The highest BCUT2D eigenvalue weighted by Crippen LogP contribution is 2.08. The smallest absolute Gasteiger partial charge is 0.160 e. The van der Waals surface area contributed by atoms with Gasteiger partial charge in [0, 0.05) is 38.4 Å². The molecule has 5 nitrogen and oxygen atoms in total. The Bertz CT molecular complexity index is 466. The molecular weight excluding hydrogens is 204 g/mol. The molecule has 16 heavy (non-hydrogen) atoms. The Kier molecular flexibility index (Phi) is 3.48. The zero-order valence-electron chi connectivity index (χ0n) is 9.39. The number of aryl methyl sites for hydroxylation is 1. The van der Waals surface area contributed by atoms with Gasteiger partial charge in [-0.1, -0.05) is 6.07 Å². The molecular formula is C11H16N4O. The molecule has 0 unspecified atom stereocenters. The van der Waals surface area contributed by atoms with Crippen molar-refractivity contribution in [1.29, 1.82) is 0 Å². The minimum atomic E-state index is 0.487. The third-order valence-corrected chi connectivity index (χ3v) is 2.46. The summed E-state index contributed by atoms with van der Waals surface area (Å²) < 4.78 is 6.78. The zero-order chi connectivity index (χ0) is 11.4. The van der Waals surface area contributed by atoms with E-state index in [1.807, 2.05) is 18.3 Å². The molecule has 0 aliphatic rings. The molecule has 0 saturated carbocycles. The molecule has 2 N–H and O–H groups in total. The van der Waals surface area contributed by atoms with Gasteiger partial charge in [0.25, 0.3) is 0 Å². The fourth-order valence-electron chi connectivity index (χ4n) is 1.65. The van der Waals surface area contributed by atoms with Crippen LogP contribution in [-0.2, 0) is 17.7 Å². The number of hydrogen-bond donors (Lipinski definition) is 1. The summed E-state index contributed by atoms with van der Waals surface area (Å²) in [5.41, 5.74) is 7.53. The third-order valence-electron chi connectivity index (χ3n) is 2.46. The van der Waals surface area contributed by atoms with Gasteiger partial charge in [-0.05, 0) is 12.5 Å². The first kappa shape index (κ1) is 11.0. The molecule has 0 atom stereocenters. The van der Waals surface area contributed by atoms with Crippen LogP contribution in [0.2, 0.25) is 0 Å². The fraction of sp³-hybridized carbons (Fsp3) is 0.455. The minimum absolute atomic E-state index is 0.487. The summed E-state index contributed by atoms with van der Waals surface area (Å²) in [5.74, 6) is 0.845. The van der Waals surface area contributed by atoms with Crippen LogP contribution in [0.25, 0.3) is 5.65 Å². The molecule has 0 aliphatic heterocycles. The standard InChI is InChI=1S/C11H16N4O/c1-16-7-3-5-10-13-11-9(8-12)4-2-6-15(11)14-10/h2,4,6H,3,5,7-8,12H2,1H3. The number of fused-ring (bicyclic) bond motifs is 1. The van der Waals surface area contributed by atoms with Crippen LogP contribution in [0.3, 0.4) is 0 Å². The van der Waals surface area contributed by atoms with Gasteiger partial charge in [-0.15, -0.1) is 0 Å². The topological polar surface area (TPSA) is 65.4 Å². The van der Waals surface area contributed by atoms with E-state index < -0.39 is 0 Å². The number of rotatable bonds is 5. The summed E-state index contributed by atoms with van der Waals surface area (Å²) in [6.45, 7) is 1.22. The van der Waals surface area contributed by atoms with Crippen LogP contribution in [-0.4, -0.2) is 28.3 Å². The second-order valence-electron chi connectivity index (χ2n) is 3.63. The van der Waals surface area contributed by atoms with Crippen LogP contribution >= 0.6 is 0 Å². The largest absolute Gasteiger partial charge is 0.385 e. The maximum absolute atomic E-state index is 5.65. The maximum Gasteiger partial charge on any atom is 0.160 e. The molecule has 0 radical (unpaired) electrons. The van der Waals surface area contributed by atoms with E-state index in [9.17, 15) is 0 Å². The first-order valence-electron chi connectivity index (χ1n) is 5.37. The number of aromatic nitrogens is 3. The second kappa shape index (κ2) is 5.05. The summed E-state index contributed by atoms with van der Waals surface area (Å²) in [6, 6.07) is 3.91. The molecule has 2 heterocycles. The van der Waals surface area contributed by atoms with Crippen molar-refractivity contribution >= 4 is 5.65 Å². The van der Waals surface area contributed by atoms with Gasteiger partial charge in [0.05, 0.1) is 0 Å². The molecule has 0 amide bonds. The van der Waals surface area contributed by atoms with Crippen molar-refractivity contribution in [3.63, 3.8) is 0 Å². The summed E-state index contributed by atoms with van der Waals surface area (Å²) in [5, 5.41) is 4.39. The maximum atomic E-state index is 5.65. The Morgan fingerprint density at radius 1 is 1.50 bits per heavy atom. The van der Waals surface area contributed by atoms with Gasteiger partial charge in [0.1, 0.15) is 0 Å². The molecule has 0 aromatic carbocycles. The molecule has 0 fully saturated rings. The Balaban J connectivity index is 2.22. The normalized spacial score (nSPS) is 11.1. The quantitative estimate of drug-likeness (QED) is 0.756. The lowest BCUT2D eigenvalue weighted by Crippen LogP contribution is -1.99. The first-order chi connectivity index (χ1) is 7.85. The van der Waals surface area contributed by atoms with Crippen molar-refractivity contribution in [2.24, 2.45) is 5.73 Å². The predicted molar refractivity (Wildman–Crippen MR) is 61.1 cm³/mol. The van der Waals surface area contributed by atoms with Gasteiger partial charge >= 0.3 is 0 Å². The van der Waals surface area contributed by atoms with Gasteiger partial charge in [0.15, 0.2) is 11.5 Å². The number of ether oxygens (including phenoxy) is 1. The van der Waals surface area contributed by atoms with Gasteiger partial charge in [-0.3, -0.25) is 0 Å². The number of hydrogen-bond acceptors (Lipinski definition) is 4. The summed E-state index contributed by atoms with van der Waals surface area (Å²) in [4.78, 5) is 4.47. The predicted octanol–water partition coefficient (Wildman–Crippen LogP) is 0.767. The van der Waals surface area contributed by atoms with E-state index in [0.29, 0.717) is 6.54 Å². The Labute approximate surface area is 94.2 Å². The van der Waals surface area contributed by atoms with Crippen molar-refractivity contribution in [3.05, 3.63) is 29.7 Å². The molecule has 0 saturated heterocycles. The Morgan fingerprint density at radius 3 is 3.12 bits per heavy atom. The molecule has 2 aromatic heterocycles. The average molecular weight is 220 g/mol. The van der Waals surface area contributed by atoms with Crippen molar-refractivity contribution in [2.75, 3.05) is 13.7 Å². The summed E-state index contributed by atoms with van der Waals surface area (Å²) in [7, 11) is 1.70. The third kappa shape index (κ3) is 2.20. The molecule has 2 rings (SSSR count). The molecule has 5 heteroatoms. The molecule has 2 aromatic rings. The summed E-state index contributed by atoms with van der Waals surface area (Å²) in [6.07, 6.45) is 3.66. The van der Waals surface area contributed by atoms with E-state index in [1.54, 1.807) is 11.6 Å². The van der Waals surface area contributed by atoms with Crippen LogP contribution in [0.4, 0.5) is 0 Å². The van der Waals surface area contributed by atoms with E-state index in [4.69, 9.17) is 10.5 Å². The van der Waals surface area contributed by atoms with Crippen LogP contribution < -0.4 is 5.73 Å². The monoisotopic (exact) mass is 220 g/mol. The number of methoxy groups -OCH3 is 1. The average Bonchev–Trinajstić information content (AvgIpc) is 2.71. The van der Waals surface area contributed by atoms with Gasteiger partial charge in [0.2, 0.25) is 0 Å². The van der Waals surface area contributed by atoms with Crippen LogP contribution in [0.15, 0.2) is 18.3 Å². The molecule has 0 spiro atoms. The van der Waals surface area contributed by atoms with Crippen molar-refractivity contribution in [1.82, 2.24) is 14.6 Å². The fourth-order valence-corrected chi connectivity index (χ4v) is 1.65.